The fourth-order valence-electron chi connectivity index (χ4n) is 3.28. The van der Waals surface area contributed by atoms with Crippen LogP contribution >= 0.6 is 11.8 Å². The fourth-order valence-corrected chi connectivity index (χ4v) is 3.96. The molecule has 1 aromatic heterocycles. The Bertz CT molecular complexity index is 1030. The van der Waals surface area contributed by atoms with Crippen molar-refractivity contribution in [3.05, 3.63) is 42.4 Å². The molecule has 3 rings (SSSR count). The molecule has 0 aliphatic carbocycles. The highest BCUT2D eigenvalue weighted by Gasteiger charge is 2.30. The van der Waals surface area contributed by atoms with Gasteiger partial charge in [0, 0.05) is 19.2 Å². The van der Waals surface area contributed by atoms with Crippen molar-refractivity contribution >= 4 is 41.1 Å². The van der Waals surface area contributed by atoms with Crippen molar-refractivity contribution in [1.82, 2.24) is 15.3 Å². The minimum absolute atomic E-state index is 0.0190. The van der Waals surface area contributed by atoms with E-state index >= 15 is 0 Å². The van der Waals surface area contributed by atoms with Gasteiger partial charge in [0.05, 0.1) is 44.2 Å². The molecular weight excluding hydrogens is 464 g/mol. The van der Waals surface area contributed by atoms with E-state index in [1.54, 1.807) is 24.3 Å². The van der Waals surface area contributed by atoms with E-state index in [-0.39, 0.29) is 35.6 Å². The van der Waals surface area contributed by atoms with Crippen LogP contribution in [-0.4, -0.2) is 79.0 Å². The Balaban J connectivity index is 1.45. The van der Waals surface area contributed by atoms with E-state index in [1.165, 1.54) is 36.6 Å². The number of benzene rings is 1. The van der Waals surface area contributed by atoms with E-state index in [4.69, 9.17) is 13.9 Å². The number of amides is 4. The lowest BCUT2D eigenvalue weighted by atomic mass is 10.2. The monoisotopic (exact) mass is 490 g/mol. The largest absolute Gasteiger partial charge is 0.497 e. The number of anilines is 1. The van der Waals surface area contributed by atoms with Crippen LogP contribution in [0.3, 0.4) is 0 Å². The number of furan rings is 1. The van der Waals surface area contributed by atoms with E-state index in [2.05, 4.69) is 10.6 Å². The molecule has 0 saturated carbocycles. The molecule has 34 heavy (non-hydrogen) atoms. The SMILES string of the molecule is COc1ccc(OC)c(NC(=O)CSCC(=O)N2CCCN2C(=O)CNC(=O)c2ccco2)c1. The van der Waals surface area contributed by atoms with E-state index in [0.717, 1.165) is 11.8 Å². The first kappa shape index (κ1) is 25.0. The lowest BCUT2D eigenvalue weighted by Gasteiger charge is -2.27. The highest BCUT2D eigenvalue weighted by atomic mass is 32.2. The van der Waals surface area contributed by atoms with E-state index in [9.17, 15) is 19.2 Å². The molecule has 0 unspecified atom stereocenters. The van der Waals surface area contributed by atoms with Crippen LogP contribution in [0.1, 0.15) is 17.0 Å². The van der Waals surface area contributed by atoms with Crippen LogP contribution in [0.5, 0.6) is 11.5 Å². The van der Waals surface area contributed by atoms with E-state index in [1.807, 2.05) is 0 Å². The Morgan fingerprint density at radius 2 is 1.79 bits per heavy atom. The summed E-state index contributed by atoms with van der Waals surface area (Å²) in [5.74, 6) is -0.303. The summed E-state index contributed by atoms with van der Waals surface area (Å²) >= 11 is 1.13. The Morgan fingerprint density at radius 1 is 1.03 bits per heavy atom. The number of ether oxygens (including phenoxy) is 2. The Kier molecular flexibility index (Phi) is 8.79. The number of methoxy groups -OCH3 is 2. The van der Waals surface area contributed by atoms with Crippen molar-refractivity contribution in [2.75, 3.05) is 50.7 Å². The average Bonchev–Trinajstić information content (AvgIpc) is 3.55. The van der Waals surface area contributed by atoms with Gasteiger partial charge >= 0.3 is 0 Å². The predicted octanol–water partition coefficient (Wildman–Crippen LogP) is 1.37. The summed E-state index contributed by atoms with van der Waals surface area (Å²) < 4.78 is 15.4. The van der Waals surface area contributed by atoms with Gasteiger partial charge in [-0.25, -0.2) is 5.01 Å². The number of carbonyl (C=O) groups is 4. The summed E-state index contributed by atoms with van der Waals surface area (Å²) in [6, 6.07) is 8.10. The van der Waals surface area contributed by atoms with Crippen molar-refractivity contribution in [2.45, 2.75) is 6.42 Å². The lowest BCUT2D eigenvalue weighted by Crippen LogP contribution is -2.49. The number of thioether (sulfide) groups is 1. The first-order chi connectivity index (χ1) is 16.4. The fraction of sp³-hybridized carbons (Fsp3) is 0.364. The Morgan fingerprint density at radius 3 is 2.47 bits per heavy atom. The zero-order valence-electron chi connectivity index (χ0n) is 18.9. The van der Waals surface area contributed by atoms with Crippen molar-refractivity contribution < 1.29 is 33.1 Å². The maximum atomic E-state index is 12.6. The third-order valence-corrected chi connectivity index (χ3v) is 5.81. The highest BCUT2D eigenvalue weighted by Crippen LogP contribution is 2.29. The second kappa shape index (κ2) is 12.0. The van der Waals surface area contributed by atoms with Crippen LogP contribution in [0.15, 0.2) is 41.0 Å². The summed E-state index contributed by atoms with van der Waals surface area (Å²) in [5.41, 5.74) is 0.465. The van der Waals surface area contributed by atoms with Gasteiger partial charge in [0.25, 0.3) is 17.7 Å². The van der Waals surface area contributed by atoms with Crippen molar-refractivity contribution in [1.29, 1.82) is 0 Å². The smallest absolute Gasteiger partial charge is 0.287 e. The van der Waals surface area contributed by atoms with Gasteiger partial charge < -0.3 is 24.5 Å². The summed E-state index contributed by atoms with van der Waals surface area (Å²) in [7, 11) is 3.02. The molecule has 1 aromatic carbocycles. The zero-order chi connectivity index (χ0) is 24.5. The first-order valence-electron chi connectivity index (χ1n) is 10.4. The van der Waals surface area contributed by atoms with Gasteiger partial charge in [0.1, 0.15) is 11.5 Å². The van der Waals surface area contributed by atoms with Crippen molar-refractivity contribution in [3.63, 3.8) is 0 Å². The summed E-state index contributed by atoms with van der Waals surface area (Å²) in [4.78, 5) is 49.5. The third-order valence-electron chi connectivity index (χ3n) is 4.89. The molecule has 2 N–H and O–H groups in total. The van der Waals surface area contributed by atoms with Crippen LogP contribution in [0.4, 0.5) is 5.69 Å². The number of nitrogens with zero attached hydrogens (tertiary/aromatic N) is 2. The van der Waals surface area contributed by atoms with Gasteiger partial charge in [0.15, 0.2) is 5.76 Å². The number of hydrogen-bond donors (Lipinski definition) is 2. The summed E-state index contributed by atoms with van der Waals surface area (Å²) in [5, 5.41) is 7.91. The molecule has 0 atom stereocenters. The number of hydrazine groups is 1. The quantitative estimate of drug-likeness (QED) is 0.511. The standard InChI is InChI=1S/C22H26N4O7S/c1-31-15-6-7-17(32-2)16(11-15)24-19(27)13-34-14-21(29)26-9-4-8-25(26)20(28)12-23-22(30)18-5-3-10-33-18/h3,5-7,10-11H,4,8-9,12-14H2,1-2H3,(H,23,30)(H,24,27). The molecule has 182 valence electrons. The van der Waals surface area contributed by atoms with E-state index in [0.29, 0.717) is 36.7 Å². The molecule has 0 radical (unpaired) electrons. The van der Waals surface area contributed by atoms with Crippen LogP contribution in [0.2, 0.25) is 0 Å². The molecule has 1 aliphatic rings. The average molecular weight is 491 g/mol. The van der Waals surface area contributed by atoms with Gasteiger partial charge in [-0.2, -0.15) is 0 Å². The van der Waals surface area contributed by atoms with Crippen LogP contribution in [-0.2, 0) is 14.4 Å². The Labute approximate surface area is 200 Å². The minimum atomic E-state index is -0.510. The molecule has 1 aliphatic heterocycles. The Hall–Kier alpha value is -3.67. The minimum Gasteiger partial charge on any atom is -0.497 e. The molecule has 2 heterocycles. The molecule has 1 fully saturated rings. The molecule has 12 heteroatoms. The summed E-state index contributed by atoms with van der Waals surface area (Å²) in [6.45, 7) is 0.508. The molecule has 0 bridgehead atoms. The molecule has 1 saturated heterocycles. The molecule has 4 amide bonds. The summed E-state index contributed by atoms with van der Waals surface area (Å²) in [6.07, 6.45) is 1.99. The normalized spacial score (nSPS) is 12.9. The molecular formula is C22H26N4O7S. The van der Waals surface area contributed by atoms with Gasteiger partial charge in [-0.3, -0.25) is 24.2 Å². The molecule has 11 nitrogen and oxygen atoms in total. The van der Waals surface area contributed by atoms with Gasteiger partial charge in [-0.15, -0.1) is 11.8 Å². The first-order valence-corrected chi connectivity index (χ1v) is 11.6. The maximum Gasteiger partial charge on any atom is 0.287 e. The van der Waals surface area contributed by atoms with Crippen LogP contribution in [0, 0.1) is 0 Å². The lowest BCUT2D eigenvalue weighted by molar-refractivity contribution is -0.155. The van der Waals surface area contributed by atoms with Crippen molar-refractivity contribution in [3.8, 4) is 11.5 Å². The van der Waals surface area contributed by atoms with Gasteiger partial charge in [-0.05, 0) is 30.7 Å². The third kappa shape index (κ3) is 6.44. The second-order valence-corrected chi connectivity index (χ2v) is 8.14. The van der Waals surface area contributed by atoms with Crippen molar-refractivity contribution in [2.24, 2.45) is 0 Å². The number of rotatable bonds is 10. The maximum absolute atomic E-state index is 12.6. The second-order valence-electron chi connectivity index (χ2n) is 7.15. The zero-order valence-corrected chi connectivity index (χ0v) is 19.7. The number of hydrogen-bond acceptors (Lipinski definition) is 8. The van der Waals surface area contributed by atoms with Crippen LogP contribution < -0.4 is 20.1 Å². The molecule has 2 aromatic rings. The predicted molar refractivity (Wildman–Crippen MR) is 125 cm³/mol. The van der Waals surface area contributed by atoms with Gasteiger partial charge in [0.2, 0.25) is 5.91 Å². The number of nitrogens with one attached hydrogen (secondary N) is 2. The highest BCUT2D eigenvalue weighted by molar-refractivity contribution is 8.00. The number of carbonyl (C=O) groups excluding carboxylic acids is 4. The van der Waals surface area contributed by atoms with Gasteiger partial charge in [-0.1, -0.05) is 0 Å². The molecule has 0 spiro atoms. The van der Waals surface area contributed by atoms with Crippen LogP contribution in [0.25, 0.3) is 0 Å². The van der Waals surface area contributed by atoms with E-state index < -0.39 is 11.8 Å². The topological polar surface area (TPSA) is 130 Å².